The van der Waals surface area contributed by atoms with Crippen LogP contribution in [0.1, 0.15) is 32.7 Å². The second-order valence-electron chi connectivity index (χ2n) is 8.79. The van der Waals surface area contributed by atoms with Gasteiger partial charge in [0.05, 0.1) is 48.3 Å². The molecule has 194 valence electrons. The molecule has 0 spiro atoms. The number of ether oxygens (including phenoxy) is 1. The number of hydrogen-bond acceptors (Lipinski definition) is 7. The fourth-order valence-corrected chi connectivity index (χ4v) is 4.47. The minimum absolute atomic E-state index is 0.106. The Bertz CT molecular complexity index is 1740. The molecule has 1 aliphatic rings. The number of benzene rings is 1. The first kappa shape index (κ1) is 23.8. The molecule has 0 aliphatic carbocycles. The second-order valence-corrected chi connectivity index (χ2v) is 8.79. The summed E-state index contributed by atoms with van der Waals surface area (Å²) in [6, 6.07) is 4.68. The Hall–Kier alpha value is -4.59. The molecule has 10 nitrogen and oxygen atoms in total. The molecule has 5 heterocycles. The summed E-state index contributed by atoms with van der Waals surface area (Å²) in [6.45, 7) is 0.298. The number of rotatable bonds is 4. The van der Waals surface area contributed by atoms with Crippen molar-refractivity contribution in [2.24, 2.45) is 7.05 Å². The van der Waals surface area contributed by atoms with Crippen molar-refractivity contribution in [1.29, 1.82) is 0 Å². The Labute approximate surface area is 211 Å². The minimum atomic E-state index is -4.53. The fourth-order valence-electron chi connectivity index (χ4n) is 4.47. The van der Waals surface area contributed by atoms with Crippen molar-refractivity contribution in [3.8, 4) is 0 Å². The van der Waals surface area contributed by atoms with E-state index < -0.39 is 23.5 Å². The van der Waals surface area contributed by atoms with Gasteiger partial charge in [0.25, 0.3) is 5.91 Å². The smallest absolute Gasteiger partial charge is 0.383 e. The van der Waals surface area contributed by atoms with Gasteiger partial charge < -0.3 is 14.9 Å². The predicted octanol–water partition coefficient (Wildman–Crippen LogP) is 3.63. The summed E-state index contributed by atoms with van der Waals surface area (Å²) in [7, 11) is 1.55. The van der Waals surface area contributed by atoms with Crippen LogP contribution in [-0.4, -0.2) is 35.3 Å². The molecule has 0 bridgehead atoms. The lowest BCUT2D eigenvalue weighted by atomic mass is 10.0. The van der Waals surface area contributed by atoms with Gasteiger partial charge in [-0.3, -0.25) is 9.69 Å². The van der Waals surface area contributed by atoms with Gasteiger partial charge in [0.2, 0.25) is 0 Å². The van der Waals surface area contributed by atoms with Crippen LogP contribution in [-0.2, 0) is 37.7 Å². The number of nitrogens with two attached hydrogens (primary N) is 1. The molecule has 38 heavy (non-hydrogen) atoms. The highest BCUT2D eigenvalue weighted by Crippen LogP contribution is 2.33. The highest BCUT2D eigenvalue weighted by atomic mass is 19.4. The lowest BCUT2D eigenvalue weighted by Crippen LogP contribution is -2.32. The van der Waals surface area contributed by atoms with Crippen LogP contribution in [0.3, 0.4) is 0 Å². The summed E-state index contributed by atoms with van der Waals surface area (Å²) in [6.07, 6.45) is -0.930. The average molecular weight is 526 g/mol. The Morgan fingerprint density at radius 3 is 2.68 bits per heavy atom. The van der Waals surface area contributed by atoms with Crippen LogP contribution in [0.4, 0.5) is 29.2 Å². The summed E-state index contributed by atoms with van der Waals surface area (Å²) in [4.78, 5) is 24.7. The highest BCUT2D eigenvalue weighted by Gasteiger charge is 2.31. The first-order valence-electron chi connectivity index (χ1n) is 11.3. The summed E-state index contributed by atoms with van der Waals surface area (Å²) in [5, 5.41) is 8.69. The third-order valence-corrected chi connectivity index (χ3v) is 6.31. The summed E-state index contributed by atoms with van der Waals surface area (Å²) in [5.41, 5.74) is 7.09. The van der Waals surface area contributed by atoms with E-state index in [1.807, 2.05) is 0 Å². The van der Waals surface area contributed by atoms with Gasteiger partial charge in [0.15, 0.2) is 5.82 Å². The number of carbonyl (C=O) groups excluding carboxylic acids is 1. The van der Waals surface area contributed by atoms with Crippen LogP contribution in [0.2, 0.25) is 0 Å². The molecule has 1 aliphatic heterocycles. The number of halogens is 4. The number of carbonyl (C=O) groups is 1. The van der Waals surface area contributed by atoms with E-state index in [0.717, 1.165) is 28.8 Å². The van der Waals surface area contributed by atoms with Gasteiger partial charge in [-0.25, -0.2) is 14.4 Å². The number of hydrogen-bond donors (Lipinski definition) is 1. The third kappa shape index (κ3) is 3.98. The highest BCUT2D eigenvalue weighted by molar-refractivity contribution is 6.08. The molecule has 4 aromatic heterocycles. The third-order valence-electron chi connectivity index (χ3n) is 6.31. The number of fused-ring (bicyclic) bond motifs is 4. The van der Waals surface area contributed by atoms with E-state index in [1.165, 1.54) is 33.7 Å². The number of aryl methyl sites for hydroxylation is 1. The zero-order chi connectivity index (χ0) is 26.8. The lowest BCUT2D eigenvalue weighted by Gasteiger charge is -2.20. The number of nitrogens with zero attached hydrogens (tertiary/aromatic N) is 7. The van der Waals surface area contributed by atoms with Crippen LogP contribution in [0.5, 0.6) is 0 Å². The first-order chi connectivity index (χ1) is 18.1. The molecule has 6 rings (SSSR count). The minimum Gasteiger partial charge on any atom is -0.383 e. The van der Waals surface area contributed by atoms with E-state index in [9.17, 15) is 18.0 Å². The number of alkyl halides is 3. The van der Waals surface area contributed by atoms with Crippen molar-refractivity contribution in [1.82, 2.24) is 29.4 Å². The molecular weight excluding hydrogens is 508 g/mol. The Kier molecular flexibility index (Phi) is 5.31. The summed E-state index contributed by atoms with van der Waals surface area (Å²) < 4.78 is 61.4. The molecule has 1 aromatic carbocycles. The number of anilines is 2. The summed E-state index contributed by atoms with van der Waals surface area (Å²) in [5.74, 6) is -1.23. The first-order valence-corrected chi connectivity index (χ1v) is 11.3. The van der Waals surface area contributed by atoms with Crippen LogP contribution in [0.25, 0.3) is 16.6 Å². The number of nitrogen functional groups attached to an aromatic ring is 1. The zero-order valence-corrected chi connectivity index (χ0v) is 19.7. The maximum absolute atomic E-state index is 15.3. The van der Waals surface area contributed by atoms with E-state index in [0.29, 0.717) is 10.9 Å². The number of imidazole rings is 1. The normalized spacial score (nSPS) is 13.4. The Morgan fingerprint density at radius 1 is 1.16 bits per heavy atom. The predicted molar refractivity (Wildman–Crippen MR) is 126 cm³/mol. The number of pyridine rings is 2. The molecule has 0 saturated carbocycles. The van der Waals surface area contributed by atoms with Gasteiger partial charge in [-0.1, -0.05) is 0 Å². The van der Waals surface area contributed by atoms with Crippen LogP contribution in [0.15, 0.2) is 42.9 Å². The lowest BCUT2D eigenvalue weighted by molar-refractivity contribution is -0.137. The van der Waals surface area contributed by atoms with Crippen molar-refractivity contribution < 1.29 is 27.1 Å². The largest absolute Gasteiger partial charge is 0.417 e. The molecule has 0 radical (unpaired) electrons. The van der Waals surface area contributed by atoms with E-state index in [-0.39, 0.29) is 53.8 Å². The Balaban J connectivity index is 1.42. The maximum atomic E-state index is 15.3. The summed E-state index contributed by atoms with van der Waals surface area (Å²) >= 11 is 0. The molecule has 0 atom stereocenters. The van der Waals surface area contributed by atoms with Crippen LogP contribution < -0.4 is 10.6 Å². The Morgan fingerprint density at radius 2 is 1.95 bits per heavy atom. The van der Waals surface area contributed by atoms with Gasteiger partial charge in [0, 0.05) is 36.5 Å². The van der Waals surface area contributed by atoms with Gasteiger partial charge in [-0.15, -0.1) is 5.10 Å². The zero-order valence-electron chi connectivity index (χ0n) is 19.7. The van der Waals surface area contributed by atoms with E-state index in [4.69, 9.17) is 10.5 Å². The molecule has 2 N–H and O–H groups in total. The topological polar surface area (TPSA) is 116 Å². The van der Waals surface area contributed by atoms with Crippen LogP contribution >= 0.6 is 0 Å². The quantitative estimate of drug-likeness (QED) is 0.356. The van der Waals surface area contributed by atoms with E-state index >= 15 is 4.39 Å². The van der Waals surface area contributed by atoms with Gasteiger partial charge in [-0.2, -0.15) is 23.1 Å². The molecule has 14 heteroatoms. The second kappa shape index (κ2) is 8.48. The van der Waals surface area contributed by atoms with Gasteiger partial charge in [-0.05, 0) is 23.8 Å². The van der Waals surface area contributed by atoms with Gasteiger partial charge >= 0.3 is 6.18 Å². The van der Waals surface area contributed by atoms with Crippen molar-refractivity contribution in [2.75, 3.05) is 10.6 Å². The van der Waals surface area contributed by atoms with Crippen LogP contribution in [0, 0.1) is 5.82 Å². The van der Waals surface area contributed by atoms with E-state index in [1.54, 1.807) is 7.05 Å². The molecule has 0 saturated heterocycles. The molecule has 5 aromatic rings. The van der Waals surface area contributed by atoms with Gasteiger partial charge in [0.1, 0.15) is 17.3 Å². The van der Waals surface area contributed by atoms with E-state index in [2.05, 4.69) is 20.2 Å². The monoisotopic (exact) mass is 526 g/mol. The SMILES string of the molecule is Cn1ncc(N(Cc2cn3cc(C(F)(F)F)ccc3n2)C(=O)c2cc3c4c(c(N)nc3cc2F)COC4)n1. The molecular formula is C24H18F4N8O2. The maximum Gasteiger partial charge on any atom is 0.417 e. The molecule has 1 amide bonds. The van der Waals surface area contributed by atoms with Crippen molar-refractivity contribution in [3.63, 3.8) is 0 Å². The molecule has 0 unspecified atom stereocenters. The fraction of sp³-hybridized carbons (Fsp3) is 0.208. The van der Waals surface area contributed by atoms with Crippen molar-refractivity contribution >= 4 is 34.1 Å². The standard InChI is InChI=1S/C24H18F4N8O2/c1-34-30-6-21(33-34)36(9-13-8-35-7-12(24(26,27)28)2-3-20(35)31-13)23(37)15-4-14-16-10-38-11-17(16)22(29)32-19(14)5-18(15)25/h2-8H,9-11H2,1H3,(H2,29,32). The number of aromatic nitrogens is 6. The van der Waals surface area contributed by atoms with Crippen molar-refractivity contribution in [2.45, 2.75) is 25.9 Å². The molecule has 0 fully saturated rings. The number of amides is 1. The average Bonchev–Trinajstić information content (AvgIpc) is 3.60. The van der Waals surface area contributed by atoms with Crippen molar-refractivity contribution in [3.05, 3.63) is 76.6 Å².